The Morgan fingerprint density at radius 3 is 2.17 bits per heavy atom. The van der Waals surface area contributed by atoms with Crippen LogP contribution in [0.1, 0.15) is 6.92 Å². The highest BCUT2D eigenvalue weighted by Gasteiger charge is 2.17. The van der Waals surface area contributed by atoms with E-state index in [4.69, 9.17) is 15.5 Å². The summed E-state index contributed by atoms with van der Waals surface area (Å²) < 4.78 is 0. The maximum absolute atomic E-state index is 12.2. The summed E-state index contributed by atoms with van der Waals surface area (Å²) >= 11 is 0. The fraction of sp³-hybridized carbons (Fsp3) is 0.312. The quantitative estimate of drug-likeness (QED) is 0.400. The predicted octanol–water partition coefficient (Wildman–Crippen LogP) is 0.278. The van der Waals surface area contributed by atoms with E-state index in [1.807, 2.05) is 0 Å². The van der Waals surface area contributed by atoms with Crippen LogP contribution in [0.4, 0.5) is 11.4 Å². The molecule has 0 saturated heterocycles. The van der Waals surface area contributed by atoms with Gasteiger partial charge in [0.1, 0.15) is 11.6 Å². The average molecular weight is 332 g/mol. The third kappa shape index (κ3) is 6.08. The molecule has 1 aromatic carbocycles. The van der Waals surface area contributed by atoms with Crippen molar-refractivity contribution in [3.05, 3.63) is 36.0 Å². The Bertz CT molecular complexity index is 628. The fourth-order valence-corrected chi connectivity index (χ4v) is 1.88. The van der Waals surface area contributed by atoms with Gasteiger partial charge in [0.15, 0.2) is 0 Å². The molecule has 1 rings (SSSR count). The smallest absolute Gasteiger partial charge is 0.266 e. The lowest BCUT2D eigenvalue weighted by Gasteiger charge is -2.20. The van der Waals surface area contributed by atoms with Crippen LogP contribution in [0, 0.1) is 11.3 Å². The topological polar surface area (TPSA) is 126 Å². The van der Waals surface area contributed by atoms with E-state index in [9.17, 15) is 9.59 Å². The van der Waals surface area contributed by atoms with Crippen LogP contribution < -0.4 is 10.6 Å². The lowest BCUT2D eigenvalue weighted by Crippen LogP contribution is -2.36. The van der Waals surface area contributed by atoms with Crippen LogP contribution in [0.2, 0.25) is 0 Å². The molecule has 128 valence electrons. The second-order valence-electron chi connectivity index (χ2n) is 4.81. The molecule has 0 unspecified atom stereocenters. The molecular weight excluding hydrogens is 312 g/mol. The molecule has 4 N–H and O–H groups in total. The number of nitrogens with zero attached hydrogens (tertiary/aromatic N) is 2. The van der Waals surface area contributed by atoms with Gasteiger partial charge in [0, 0.05) is 37.6 Å². The Morgan fingerprint density at radius 1 is 1.17 bits per heavy atom. The fourth-order valence-electron chi connectivity index (χ4n) is 1.88. The maximum Gasteiger partial charge on any atom is 0.266 e. The summed E-state index contributed by atoms with van der Waals surface area (Å²) in [5, 5.41) is 32.5. The minimum Gasteiger partial charge on any atom is -0.395 e. The zero-order valence-corrected chi connectivity index (χ0v) is 13.3. The number of hydrogen-bond acceptors (Lipinski definition) is 6. The highest BCUT2D eigenvalue weighted by atomic mass is 16.3. The SMILES string of the molecule is CC(=O)Nc1ccc(N/C=C(/C#N)C(=O)N(CCO)CCO)cc1. The van der Waals surface area contributed by atoms with Crippen molar-refractivity contribution >= 4 is 23.2 Å². The molecule has 0 fully saturated rings. The summed E-state index contributed by atoms with van der Waals surface area (Å²) in [6.45, 7) is 0.947. The molecule has 0 aliphatic heterocycles. The first-order valence-electron chi connectivity index (χ1n) is 7.27. The molecule has 2 amide bonds. The summed E-state index contributed by atoms with van der Waals surface area (Å²) in [6.07, 6.45) is 1.26. The van der Waals surface area contributed by atoms with E-state index in [1.165, 1.54) is 18.0 Å². The van der Waals surface area contributed by atoms with E-state index in [0.29, 0.717) is 11.4 Å². The van der Waals surface area contributed by atoms with Gasteiger partial charge in [0.05, 0.1) is 13.2 Å². The van der Waals surface area contributed by atoms with Gasteiger partial charge in [-0.05, 0) is 24.3 Å². The highest BCUT2D eigenvalue weighted by molar-refractivity contribution is 5.97. The number of hydrogen-bond donors (Lipinski definition) is 4. The second kappa shape index (κ2) is 9.99. The molecule has 8 nitrogen and oxygen atoms in total. The van der Waals surface area contributed by atoms with Gasteiger partial charge in [0.25, 0.3) is 5.91 Å². The number of rotatable bonds is 8. The lowest BCUT2D eigenvalue weighted by atomic mass is 10.2. The molecule has 0 saturated carbocycles. The molecule has 24 heavy (non-hydrogen) atoms. The molecule has 0 aliphatic carbocycles. The Morgan fingerprint density at radius 2 is 1.71 bits per heavy atom. The molecule has 0 aliphatic rings. The summed E-state index contributed by atoms with van der Waals surface area (Å²) in [4.78, 5) is 24.3. The number of amides is 2. The number of anilines is 2. The Balaban J connectivity index is 2.79. The minimum absolute atomic E-state index is 0.0316. The molecule has 0 atom stereocenters. The standard InChI is InChI=1S/C16H20N4O4/c1-12(23)19-15-4-2-14(3-5-15)18-11-13(10-17)16(24)20(6-8-21)7-9-22/h2-5,11,18,21-22H,6-9H2,1H3,(H,19,23)/b13-11-. The normalized spacial score (nSPS) is 10.7. The van der Waals surface area contributed by atoms with Gasteiger partial charge in [0.2, 0.25) is 5.91 Å². The molecular formula is C16H20N4O4. The van der Waals surface area contributed by atoms with E-state index in [2.05, 4.69) is 10.6 Å². The third-order valence-corrected chi connectivity index (χ3v) is 2.97. The zero-order valence-electron chi connectivity index (χ0n) is 13.3. The summed E-state index contributed by atoms with van der Waals surface area (Å²) in [5.41, 5.74) is 1.11. The zero-order chi connectivity index (χ0) is 17.9. The van der Waals surface area contributed by atoms with Gasteiger partial charge in [-0.2, -0.15) is 5.26 Å². The van der Waals surface area contributed by atoms with Crippen molar-refractivity contribution in [3.8, 4) is 6.07 Å². The first kappa shape index (κ1) is 19.2. The van der Waals surface area contributed by atoms with Crippen LogP contribution in [0.3, 0.4) is 0 Å². The second-order valence-corrected chi connectivity index (χ2v) is 4.81. The van der Waals surface area contributed by atoms with Gasteiger partial charge < -0.3 is 25.7 Å². The number of nitriles is 1. The van der Waals surface area contributed by atoms with Crippen LogP contribution >= 0.6 is 0 Å². The van der Waals surface area contributed by atoms with Gasteiger partial charge in [-0.3, -0.25) is 9.59 Å². The van der Waals surface area contributed by atoms with E-state index < -0.39 is 5.91 Å². The van der Waals surface area contributed by atoms with E-state index >= 15 is 0 Å². The lowest BCUT2D eigenvalue weighted by molar-refractivity contribution is -0.127. The van der Waals surface area contributed by atoms with Crippen molar-refractivity contribution in [2.24, 2.45) is 0 Å². The van der Waals surface area contributed by atoms with Crippen molar-refractivity contribution in [2.75, 3.05) is 36.9 Å². The van der Waals surface area contributed by atoms with Crippen LogP contribution in [0.15, 0.2) is 36.0 Å². The molecule has 1 aromatic rings. The molecule has 0 spiro atoms. The van der Waals surface area contributed by atoms with Crippen molar-refractivity contribution < 1.29 is 19.8 Å². The van der Waals surface area contributed by atoms with Crippen molar-refractivity contribution in [2.45, 2.75) is 6.92 Å². The average Bonchev–Trinajstić information content (AvgIpc) is 2.56. The van der Waals surface area contributed by atoms with Crippen molar-refractivity contribution in [1.82, 2.24) is 4.90 Å². The van der Waals surface area contributed by atoms with Gasteiger partial charge in [-0.1, -0.05) is 0 Å². The van der Waals surface area contributed by atoms with Gasteiger partial charge >= 0.3 is 0 Å². The van der Waals surface area contributed by atoms with E-state index in [-0.39, 0.29) is 37.8 Å². The Kier molecular flexibility index (Phi) is 7.98. The van der Waals surface area contributed by atoms with Crippen LogP contribution in [0.25, 0.3) is 0 Å². The number of carbonyl (C=O) groups is 2. The van der Waals surface area contributed by atoms with E-state index in [0.717, 1.165) is 0 Å². The van der Waals surface area contributed by atoms with E-state index in [1.54, 1.807) is 30.3 Å². The number of carbonyl (C=O) groups excluding carboxylic acids is 2. The monoisotopic (exact) mass is 332 g/mol. The molecule has 0 heterocycles. The van der Waals surface area contributed by atoms with Crippen LogP contribution in [0.5, 0.6) is 0 Å². The van der Waals surface area contributed by atoms with Gasteiger partial charge in [-0.25, -0.2) is 0 Å². The molecule has 0 aromatic heterocycles. The minimum atomic E-state index is -0.581. The van der Waals surface area contributed by atoms with Crippen molar-refractivity contribution in [1.29, 1.82) is 5.26 Å². The summed E-state index contributed by atoms with van der Waals surface area (Å²) in [7, 11) is 0. The molecule has 0 radical (unpaired) electrons. The first-order chi connectivity index (χ1) is 11.5. The number of aliphatic hydroxyl groups excluding tert-OH is 2. The molecule has 0 bridgehead atoms. The summed E-state index contributed by atoms with van der Waals surface area (Å²) in [6, 6.07) is 8.51. The predicted molar refractivity (Wildman–Crippen MR) is 88.8 cm³/mol. The largest absolute Gasteiger partial charge is 0.395 e. The summed E-state index contributed by atoms with van der Waals surface area (Å²) in [5.74, 6) is -0.760. The Labute approximate surface area is 140 Å². The number of benzene rings is 1. The van der Waals surface area contributed by atoms with Crippen molar-refractivity contribution in [3.63, 3.8) is 0 Å². The first-order valence-corrected chi connectivity index (χ1v) is 7.27. The third-order valence-electron chi connectivity index (χ3n) is 2.97. The van der Waals surface area contributed by atoms with Crippen LogP contribution in [-0.2, 0) is 9.59 Å². The molecule has 8 heteroatoms. The maximum atomic E-state index is 12.2. The number of aliphatic hydroxyl groups is 2. The number of nitrogens with one attached hydrogen (secondary N) is 2. The highest BCUT2D eigenvalue weighted by Crippen LogP contribution is 2.14. The van der Waals surface area contributed by atoms with Crippen LogP contribution in [-0.4, -0.2) is 53.2 Å². The Hall–Kier alpha value is -2.89. The van der Waals surface area contributed by atoms with Gasteiger partial charge in [-0.15, -0.1) is 0 Å².